The van der Waals surface area contributed by atoms with Crippen LogP contribution in [0.25, 0.3) is 0 Å². The van der Waals surface area contributed by atoms with Gasteiger partial charge in [-0.3, -0.25) is 9.59 Å². The highest BCUT2D eigenvalue weighted by molar-refractivity contribution is 6.36. The van der Waals surface area contributed by atoms with Crippen molar-refractivity contribution in [1.82, 2.24) is 0 Å². The standard InChI is InChI=1S/C25H21Cl2NO5/c1-32-19-9-5-8-17(12-19)24(30)15-33-25(31)22(14-23(29)16-6-3-2-4-7-16)28-21-11-10-18(26)13-20(21)27/h2-13,22,28H,14-15H2,1H3/t22-/m1/s1. The van der Waals surface area contributed by atoms with Crippen molar-refractivity contribution in [2.45, 2.75) is 12.5 Å². The fraction of sp³-hybridized carbons (Fsp3) is 0.160. The maximum absolute atomic E-state index is 12.9. The zero-order valence-corrected chi connectivity index (χ0v) is 19.2. The Labute approximate surface area is 201 Å². The Morgan fingerprint density at radius 3 is 2.30 bits per heavy atom. The molecule has 0 aliphatic carbocycles. The Bertz CT molecular complexity index is 1150. The first-order valence-electron chi connectivity index (χ1n) is 10.0. The van der Waals surface area contributed by atoms with E-state index in [2.05, 4.69) is 5.32 Å². The Balaban J connectivity index is 1.74. The Morgan fingerprint density at radius 2 is 1.61 bits per heavy atom. The van der Waals surface area contributed by atoms with Gasteiger partial charge in [-0.25, -0.2) is 4.79 Å². The van der Waals surface area contributed by atoms with Gasteiger partial charge in [-0.05, 0) is 30.3 Å². The van der Waals surface area contributed by atoms with Crippen LogP contribution in [0.15, 0.2) is 72.8 Å². The van der Waals surface area contributed by atoms with Crippen LogP contribution in [0, 0.1) is 0 Å². The lowest BCUT2D eigenvalue weighted by atomic mass is 10.0. The first-order valence-corrected chi connectivity index (χ1v) is 10.8. The number of carbonyl (C=O) groups is 3. The number of nitrogens with one attached hydrogen (secondary N) is 1. The van der Waals surface area contributed by atoms with Gasteiger partial charge >= 0.3 is 5.97 Å². The van der Waals surface area contributed by atoms with Crippen molar-refractivity contribution in [2.24, 2.45) is 0 Å². The molecule has 3 aromatic rings. The highest BCUT2D eigenvalue weighted by atomic mass is 35.5. The normalized spacial score (nSPS) is 11.4. The molecule has 3 rings (SSSR count). The van der Waals surface area contributed by atoms with Crippen LogP contribution < -0.4 is 10.1 Å². The second-order valence-electron chi connectivity index (χ2n) is 7.08. The molecule has 170 valence electrons. The molecule has 3 aromatic carbocycles. The van der Waals surface area contributed by atoms with Crippen LogP contribution in [-0.4, -0.2) is 37.3 Å². The van der Waals surface area contributed by atoms with Gasteiger partial charge in [0.25, 0.3) is 0 Å². The van der Waals surface area contributed by atoms with Crippen molar-refractivity contribution in [1.29, 1.82) is 0 Å². The summed E-state index contributed by atoms with van der Waals surface area (Å²) < 4.78 is 10.4. The quantitative estimate of drug-likeness (QED) is 0.302. The van der Waals surface area contributed by atoms with Crippen molar-refractivity contribution in [3.63, 3.8) is 0 Å². The number of rotatable bonds is 10. The molecule has 0 amide bonds. The molecular formula is C25H21Cl2NO5. The number of halogens is 2. The number of hydrogen-bond donors (Lipinski definition) is 1. The van der Waals surface area contributed by atoms with Crippen LogP contribution in [0.5, 0.6) is 5.75 Å². The van der Waals surface area contributed by atoms with E-state index in [0.717, 1.165) is 0 Å². The minimum atomic E-state index is -1.07. The second-order valence-corrected chi connectivity index (χ2v) is 7.92. The van der Waals surface area contributed by atoms with E-state index in [1.807, 2.05) is 0 Å². The van der Waals surface area contributed by atoms with Crippen molar-refractivity contribution in [2.75, 3.05) is 19.0 Å². The lowest BCUT2D eigenvalue weighted by Gasteiger charge is -2.19. The summed E-state index contributed by atoms with van der Waals surface area (Å²) in [5.41, 5.74) is 1.20. The van der Waals surface area contributed by atoms with Crippen LogP contribution in [-0.2, 0) is 9.53 Å². The SMILES string of the molecule is COc1cccc(C(=O)COC(=O)[C@@H](CC(=O)c2ccccc2)Nc2ccc(Cl)cc2Cl)c1. The summed E-state index contributed by atoms with van der Waals surface area (Å²) in [7, 11) is 1.49. The first kappa shape index (κ1) is 24.3. The van der Waals surface area contributed by atoms with E-state index >= 15 is 0 Å². The molecular weight excluding hydrogens is 465 g/mol. The summed E-state index contributed by atoms with van der Waals surface area (Å²) in [6.07, 6.45) is -0.199. The lowest BCUT2D eigenvalue weighted by molar-refractivity contribution is -0.143. The molecule has 0 aliphatic rings. The zero-order valence-electron chi connectivity index (χ0n) is 17.7. The number of methoxy groups -OCH3 is 1. The molecule has 6 nitrogen and oxygen atoms in total. The topological polar surface area (TPSA) is 81.7 Å². The molecule has 1 atom stereocenters. The van der Waals surface area contributed by atoms with E-state index in [4.69, 9.17) is 32.7 Å². The molecule has 0 spiro atoms. The van der Waals surface area contributed by atoms with E-state index in [-0.39, 0.29) is 17.2 Å². The maximum Gasteiger partial charge on any atom is 0.329 e. The van der Waals surface area contributed by atoms with Gasteiger partial charge in [-0.15, -0.1) is 0 Å². The van der Waals surface area contributed by atoms with Gasteiger partial charge in [0.15, 0.2) is 18.2 Å². The van der Waals surface area contributed by atoms with Crippen LogP contribution in [0.3, 0.4) is 0 Å². The van der Waals surface area contributed by atoms with Crippen LogP contribution in [0.2, 0.25) is 10.0 Å². The number of ketones is 2. The van der Waals surface area contributed by atoms with E-state index in [1.54, 1.807) is 66.7 Å². The lowest BCUT2D eigenvalue weighted by Crippen LogP contribution is -2.35. The van der Waals surface area contributed by atoms with E-state index < -0.39 is 24.4 Å². The third-order valence-corrected chi connectivity index (χ3v) is 5.32. The van der Waals surface area contributed by atoms with Gasteiger partial charge in [0.2, 0.25) is 0 Å². The predicted octanol–water partition coefficient (Wildman–Crippen LogP) is 5.48. The Kier molecular flexibility index (Phi) is 8.46. The molecule has 0 saturated heterocycles. The fourth-order valence-electron chi connectivity index (χ4n) is 3.03. The minimum Gasteiger partial charge on any atom is -0.497 e. The third-order valence-electron chi connectivity index (χ3n) is 4.77. The number of Topliss-reactive ketones (excluding diaryl/α,β-unsaturated/α-hetero) is 2. The highest BCUT2D eigenvalue weighted by Gasteiger charge is 2.26. The largest absolute Gasteiger partial charge is 0.497 e. The Hall–Kier alpha value is -3.35. The number of esters is 1. The van der Waals surface area contributed by atoms with Crippen LogP contribution in [0.4, 0.5) is 5.69 Å². The number of hydrogen-bond acceptors (Lipinski definition) is 6. The third kappa shape index (κ3) is 6.81. The number of benzene rings is 3. The van der Waals surface area contributed by atoms with E-state index in [0.29, 0.717) is 27.6 Å². The van der Waals surface area contributed by atoms with Crippen LogP contribution in [0.1, 0.15) is 27.1 Å². The fourth-order valence-corrected chi connectivity index (χ4v) is 3.49. The van der Waals surface area contributed by atoms with Crippen molar-refractivity contribution in [3.05, 3.63) is 94.0 Å². The van der Waals surface area contributed by atoms with Crippen LogP contribution >= 0.6 is 23.2 Å². The summed E-state index contributed by atoms with van der Waals surface area (Å²) in [6, 6.07) is 18.7. The number of anilines is 1. The maximum atomic E-state index is 12.9. The number of ether oxygens (including phenoxy) is 2. The molecule has 1 N–H and O–H groups in total. The summed E-state index contributed by atoms with van der Waals surface area (Å²) >= 11 is 12.2. The molecule has 0 heterocycles. The van der Waals surface area contributed by atoms with Gasteiger partial charge in [-0.2, -0.15) is 0 Å². The van der Waals surface area contributed by atoms with Gasteiger partial charge < -0.3 is 14.8 Å². The molecule has 0 aliphatic heterocycles. The molecule has 8 heteroatoms. The Morgan fingerprint density at radius 1 is 0.879 bits per heavy atom. The van der Waals surface area contributed by atoms with Gasteiger partial charge in [0, 0.05) is 22.6 Å². The highest BCUT2D eigenvalue weighted by Crippen LogP contribution is 2.27. The smallest absolute Gasteiger partial charge is 0.329 e. The van der Waals surface area contributed by atoms with Crippen molar-refractivity contribution >= 4 is 46.4 Å². The summed E-state index contributed by atoms with van der Waals surface area (Å²) in [5, 5.41) is 3.64. The summed E-state index contributed by atoms with van der Waals surface area (Å²) in [6.45, 7) is -0.488. The average Bonchev–Trinajstić information content (AvgIpc) is 2.83. The predicted molar refractivity (Wildman–Crippen MR) is 128 cm³/mol. The molecule has 0 bridgehead atoms. The molecule has 33 heavy (non-hydrogen) atoms. The summed E-state index contributed by atoms with van der Waals surface area (Å²) in [4.78, 5) is 38.1. The molecule has 0 saturated carbocycles. The number of carbonyl (C=O) groups excluding carboxylic acids is 3. The molecule has 0 radical (unpaired) electrons. The average molecular weight is 486 g/mol. The van der Waals surface area contributed by atoms with E-state index in [1.165, 1.54) is 13.2 Å². The first-order chi connectivity index (χ1) is 15.9. The summed E-state index contributed by atoms with van der Waals surface area (Å²) in [5.74, 6) is -0.923. The zero-order chi connectivity index (χ0) is 23.8. The van der Waals surface area contributed by atoms with Crippen molar-refractivity contribution < 1.29 is 23.9 Å². The molecule has 0 unspecified atom stereocenters. The molecule has 0 aromatic heterocycles. The monoisotopic (exact) mass is 485 g/mol. The van der Waals surface area contributed by atoms with Gasteiger partial charge in [-0.1, -0.05) is 65.7 Å². The van der Waals surface area contributed by atoms with Gasteiger partial charge in [0.1, 0.15) is 11.8 Å². The van der Waals surface area contributed by atoms with Crippen molar-refractivity contribution in [3.8, 4) is 5.75 Å². The second kappa shape index (κ2) is 11.5. The van der Waals surface area contributed by atoms with E-state index in [9.17, 15) is 14.4 Å². The minimum absolute atomic E-state index is 0.199. The van der Waals surface area contributed by atoms with Gasteiger partial charge in [0.05, 0.1) is 17.8 Å². The molecule has 0 fully saturated rings.